The van der Waals surface area contributed by atoms with E-state index in [9.17, 15) is 4.79 Å². The Kier molecular flexibility index (Phi) is 4.75. The zero-order chi connectivity index (χ0) is 14.7. The Morgan fingerprint density at radius 1 is 1.35 bits per heavy atom. The van der Waals surface area contributed by atoms with Gasteiger partial charge in [0, 0.05) is 13.1 Å². The molecular weight excluding hydrogens is 276 g/mol. The Morgan fingerprint density at radius 2 is 2.10 bits per heavy atom. The highest BCUT2D eigenvalue weighted by atomic mass is 32.1. The van der Waals surface area contributed by atoms with E-state index in [2.05, 4.69) is 11.8 Å². The van der Waals surface area contributed by atoms with Crippen molar-refractivity contribution in [3.05, 3.63) is 4.88 Å². The second-order valence-corrected chi connectivity index (χ2v) is 6.20. The topological polar surface area (TPSA) is 64.8 Å². The van der Waals surface area contributed by atoms with Crippen LogP contribution in [0.1, 0.15) is 35.9 Å². The SMILES string of the molecule is COC(=O)c1sc(N2CCCC(C)CC2)c(OC)c1N. The van der Waals surface area contributed by atoms with Gasteiger partial charge in [-0.3, -0.25) is 0 Å². The summed E-state index contributed by atoms with van der Waals surface area (Å²) in [6.45, 7) is 4.22. The molecule has 0 saturated carbocycles. The summed E-state index contributed by atoms with van der Waals surface area (Å²) in [6.07, 6.45) is 3.54. The number of nitrogens with zero attached hydrogens (tertiary/aromatic N) is 1. The largest absolute Gasteiger partial charge is 0.492 e. The molecule has 0 aromatic carbocycles. The van der Waals surface area contributed by atoms with E-state index in [4.69, 9.17) is 15.2 Å². The maximum absolute atomic E-state index is 11.8. The first-order valence-electron chi connectivity index (χ1n) is 6.88. The van der Waals surface area contributed by atoms with E-state index in [1.807, 2.05) is 0 Å². The molecule has 5 nitrogen and oxygen atoms in total. The zero-order valence-corrected chi connectivity index (χ0v) is 13.1. The molecule has 2 heterocycles. The summed E-state index contributed by atoms with van der Waals surface area (Å²) in [4.78, 5) is 14.5. The van der Waals surface area contributed by atoms with Crippen molar-refractivity contribution in [1.82, 2.24) is 0 Å². The molecular formula is C14H22N2O3S. The summed E-state index contributed by atoms with van der Waals surface area (Å²) in [6, 6.07) is 0. The molecule has 1 aromatic rings. The van der Waals surface area contributed by atoms with Crippen LogP contribution in [-0.4, -0.2) is 33.3 Å². The van der Waals surface area contributed by atoms with E-state index in [0.717, 1.165) is 36.9 Å². The van der Waals surface area contributed by atoms with Crippen molar-refractivity contribution in [3.8, 4) is 5.75 Å². The van der Waals surface area contributed by atoms with Crippen molar-refractivity contribution in [1.29, 1.82) is 0 Å². The van der Waals surface area contributed by atoms with E-state index < -0.39 is 5.97 Å². The van der Waals surface area contributed by atoms with E-state index in [1.54, 1.807) is 7.11 Å². The molecule has 2 N–H and O–H groups in total. The quantitative estimate of drug-likeness (QED) is 0.869. The molecule has 1 atom stereocenters. The third-order valence-electron chi connectivity index (χ3n) is 3.76. The van der Waals surface area contributed by atoms with E-state index in [-0.39, 0.29) is 0 Å². The van der Waals surface area contributed by atoms with E-state index >= 15 is 0 Å². The second-order valence-electron chi connectivity index (χ2n) is 5.20. The van der Waals surface area contributed by atoms with Gasteiger partial charge in [-0.15, -0.1) is 11.3 Å². The molecule has 0 aliphatic carbocycles. The minimum absolute atomic E-state index is 0.386. The fourth-order valence-electron chi connectivity index (χ4n) is 2.53. The molecule has 20 heavy (non-hydrogen) atoms. The van der Waals surface area contributed by atoms with Gasteiger partial charge in [-0.1, -0.05) is 6.92 Å². The number of methoxy groups -OCH3 is 2. The van der Waals surface area contributed by atoms with Gasteiger partial charge in [-0.2, -0.15) is 0 Å². The summed E-state index contributed by atoms with van der Waals surface area (Å²) >= 11 is 1.36. The predicted octanol–water partition coefficient (Wildman–Crippen LogP) is 2.75. The highest BCUT2D eigenvalue weighted by Crippen LogP contribution is 2.45. The lowest BCUT2D eigenvalue weighted by Crippen LogP contribution is -2.23. The number of nitrogen functional groups attached to an aromatic ring is 1. The van der Waals surface area contributed by atoms with Crippen molar-refractivity contribution in [2.45, 2.75) is 26.2 Å². The van der Waals surface area contributed by atoms with Gasteiger partial charge < -0.3 is 20.1 Å². The first-order chi connectivity index (χ1) is 9.58. The van der Waals surface area contributed by atoms with Gasteiger partial charge in [0.25, 0.3) is 0 Å². The van der Waals surface area contributed by atoms with Crippen LogP contribution >= 0.6 is 11.3 Å². The van der Waals surface area contributed by atoms with Crippen molar-refractivity contribution in [2.24, 2.45) is 5.92 Å². The normalized spacial score (nSPS) is 19.6. The highest BCUT2D eigenvalue weighted by Gasteiger charge is 2.26. The number of rotatable bonds is 3. The van der Waals surface area contributed by atoms with Crippen LogP contribution in [0.15, 0.2) is 0 Å². The van der Waals surface area contributed by atoms with Gasteiger partial charge in [0.05, 0.1) is 14.2 Å². The molecule has 2 rings (SSSR count). The number of hydrogen-bond donors (Lipinski definition) is 1. The average Bonchev–Trinajstić information content (AvgIpc) is 2.62. The molecule has 1 fully saturated rings. The Balaban J connectivity index is 2.32. The summed E-state index contributed by atoms with van der Waals surface area (Å²) < 4.78 is 10.2. The fourth-order valence-corrected chi connectivity index (χ4v) is 3.69. The fraction of sp³-hybridized carbons (Fsp3) is 0.643. The number of anilines is 2. The molecule has 0 radical (unpaired) electrons. The molecule has 0 bridgehead atoms. The Bertz CT molecular complexity index is 487. The molecule has 112 valence electrons. The first kappa shape index (κ1) is 15.0. The van der Waals surface area contributed by atoms with Gasteiger partial charge in [0.2, 0.25) is 0 Å². The third kappa shape index (κ3) is 2.85. The number of carbonyl (C=O) groups excluding carboxylic acids is 1. The van der Waals surface area contributed by atoms with Gasteiger partial charge in [-0.25, -0.2) is 4.79 Å². The van der Waals surface area contributed by atoms with E-state index in [0.29, 0.717) is 16.3 Å². The number of esters is 1. The monoisotopic (exact) mass is 298 g/mol. The lowest BCUT2D eigenvalue weighted by molar-refractivity contribution is 0.0607. The van der Waals surface area contributed by atoms with Gasteiger partial charge >= 0.3 is 5.97 Å². The van der Waals surface area contributed by atoms with Gasteiger partial charge in [0.1, 0.15) is 15.6 Å². The lowest BCUT2D eigenvalue weighted by atomic mass is 10.0. The summed E-state index contributed by atoms with van der Waals surface area (Å²) in [5.41, 5.74) is 6.41. The van der Waals surface area contributed by atoms with Crippen LogP contribution < -0.4 is 15.4 Å². The second kappa shape index (κ2) is 6.35. The summed E-state index contributed by atoms with van der Waals surface area (Å²) in [7, 11) is 2.95. The standard InChI is InChI=1S/C14H22N2O3S/c1-9-5-4-7-16(8-6-9)13-11(18-2)10(15)12(20-13)14(17)19-3/h9H,4-8,15H2,1-3H3. The van der Waals surface area contributed by atoms with Crippen LogP contribution in [0.5, 0.6) is 5.75 Å². The van der Waals surface area contributed by atoms with Crippen LogP contribution in [0.25, 0.3) is 0 Å². The van der Waals surface area contributed by atoms with E-state index in [1.165, 1.54) is 24.9 Å². The maximum Gasteiger partial charge on any atom is 0.350 e. The molecule has 0 spiro atoms. The summed E-state index contributed by atoms with van der Waals surface area (Å²) in [5.74, 6) is 0.938. The molecule has 0 amide bonds. The van der Waals surface area contributed by atoms with Crippen molar-refractivity contribution in [3.63, 3.8) is 0 Å². The average molecular weight is 298 g/mol. The smallest absolute Gasteiger partial charge is 0.350 e. The van der Waals surface area contributed by atoms with Gasteiger partial charge in [0.15, 0.2) is 5.75 Å². The number of ether oxygens (including phenoxy) is 2. The van der Waals surface area contributed by atoms with Crippen LogP contribution in [0.3, 0.4) is 0 Å². The van der Waals surface area contributed by atoms with Crippen LogP contribution in [0.4, 0.5) is 10.7 Å². The Labute approximate surface area is 123 Å². The predicted molar refractivity (Wildman–Crippen MR) is 81.9 cm³/mol. The Morgan fingerprint density at radius 3 is 2.75 bits per heavy atom. The Hall–Kier alpha value is -1.43. The van der Waals surface area contributed by atoms with Crippen molar-refractivity contribution < 1.29 is 14.3 Å². The minimum atomic E-state index is -0.403. The van der Waals surface area contributed by atoms with Crippen LogP contribution in [-0.2, 0) is 4.74 Å². The maximum atomic E-state index is 11.8. The lowest BCUT2D eigenvalue weighted by Gasteiger charge is -2.21. The molecule has 1 unspecified atom stereocenters. The molecule has 1 aromatic heterocycles. The number of nitrogens with two attached hydrogens (primary N) is 1. The molecule has 1 aliphatic heterocycles. The van der Waals surface area contributed by atoms with Crippen LogP contribution in [0, 0.1) is 5.92 Å². The number of thiophene rings is 1. The minimum Gasteiger partial charge on any atom is -0.492 e. The van der Waals surface area contributed by atoms with Gasteiger partial charge in [-0.05, 0) is 25.2 Å². The molecule has 6 heteroatoms. The third-order valence-corrected chi connectivity index (χ3v) is 4.99. The van der Waals surface area contributed by atoms with Crippen LogP contribution in [0.2, 0.25) is 0 Å². The highest BCUT2D eigenvalue weighted by molar-refractivity contribution is 7.19. The number of carbonyl (C=O) groups is 1. The number of hydrogen-bond acceptors (Lipinski definition) is 6. The first-order valence-corrected chi connectivity index (χ1v) is 7.69. The zero-order valence-electron chi connectivity index (χ0n) is 12.3. The molecule has 1 saturated heterocycles. The summed E-state index contributed by atoms with van der Waals surface area (Å²) in [5, 5.41) is 0.944. The molecule has 1 aliphatic rings. The van der Waals surface area contributed by atoms with Crippen molar-refractivity contribution >= 4 is 28.0 Å². The van der Waals surface area contributed by atoms with Crippen molar-refractivity contribution in [2.75, 3.05) is 37.9 Å².